The van der Waals surface area contributed by atoms with Crippen LogP contribution >= 0.6 is 0 Å². The van der Waals surface area contributed by atoms with Gasteiger partial charge in [0.25, 0.3) is 0 Å². The van der Waals surface area contributed by atoms with Crippen molar-refractivity contribution in [2.75, 3.05) is 26.2 Å². The van der Waals surface area contributed by atoms with Crippen molar-refractivity contribution in [1.29, 1.82) is 0 Å². The van der Waals surface area contributed by atoms with Gasteiger partial charge in [0.05, 0.1) is 19.7 Å². The summed E-state index contributed by atoms with van der Waals surface area (Å²) in [5.74, 6) is 0.243. The molecule has 0 aromatic heterocycles. The highest BCUT2D eigenvalue weighted by Crippen LogP contribution is 2.31. The second kappa shape index (κ2) is 6.39. The highest BCUT2D eigenvalue weighted by atomic mass is 16.5. The Bertz CT molecular complexity index is 504. The Hall–Kier alpha value is -1.39. The lowest BCUT2D eigenvalue weighted by Gasteiger charge is -2.42. The molecule has 1 aromatic rings. The average Bonchev–Trinajstić information content (AvgIpc) is 2.58. The molecule has 3 saturated heterocycles. The first kappa shape index (κ1) is 15.5. The summed E-state index contributed by atoms with van der Waals surface area (Å²) in [7, 11) is 0. The van der Waals surface area contributed by atoms with Crippen LogP contribution in [0.5, 0.6) is 0 Å². The van der Waals surface area contributed by atoms with Crippen LogP contribution < -0.4 is 4.90 Å². The summed E-state index contributed by atoms with van der Waals surface area (Å²) in [5, 5.41) is 9.96. The zero-order valence-corrected chi connectivity index (χ0v) is 13.3. The maximum Gasteiger partial charge on any atom is 0.319 e. The molecule has 0 aliphatic carbocycles. The van der Waals surface area contributed by atoms with Crippen molar-refractivity contribution in [3.8, 4) is 0 Å². The van der Waals surface area contributed by atoms with Crippen molar-refractivity contribution in [2.24, 2.45) is 5.92 Å². The summed E-state index contributed by atoms with van der Waals surface area (Å²) in [6.07, 6.45) is 2.86. The number of carbonyl (C=O) groups is 1. The Morgan fingerprint density at radius 3 is 2.50 bits per heavy atom. The highest BCUT2D eigenvalue weighted by Gasteiger charge is 2.45. The Labute approximate surface area is 132 Å². The van der Waals surface area contributed by atoms with E-state index in [-0.39, 0.29) is 18.7 Å². The Morgan fingerprint density at radius 1 is 1.32 bits per heavy atom. The summed E-state index contributed by atoms with van der Waals surface area (Å²) in [4.78, 5) is 14.4. The van der Waals surface area contributed by atoms with Gasteiger partial charge in [-0.2, -0.15) is 0 Å². The number of ether oxygens (including phenoxy) is 1. The number of rotatable bonds is 5. The highest BCUT2D eigenvalue weighted by molar-refractivity contribution is 5.83. The Morgan fingerprint density at radius 2 is 2.00 bits per heavy atom. The average molecular weight is 304 g/mol. The number of aliphatic hydroxyl groups excluding tert-OH is 1. The summed E-state index contributed by atoms with van der Waals surface area (Å²) < 4.78 is 5.91. The minimum Gasteiger partial charge on any atom is -0.455 e. The smallest absolute Gasteiger partial charge is 0.319 e. The molecule has 4 rings (SSSR count). The summed E-state index contributed by atoms with van der Waals surface area (Å²) in [6, 6.07) is 9.54. The van der Waals surface area contributed by atoms with Crippen LogP contribution in [-0.4, -0.2) is 43.4 Å². The SMILES string of the molecule is CC[C@](CO)(C(=O)O[C@@H]1C[NH+]2CCC1CC2)c1ccccc1. The lowest BCUT2D eigenvalue weighted by molar-refractivity contribution is -0.920. The van der Waals surface area contributed by atoms with Crippen molar-refractivity contribution >= 4 is 5.97 Å². The number of quaternary nitrogens is 1. The predicted octanol–water partition coefficient (Wildman–Crippen LogP) is 0.547. The normalized spacial score (nSPS) is 29.8. The fraction of sp³-hybridized carbons (Fsp3) is 0.611. The minimum absolute atomic E-state index is 0.0196. The molecular weight excluding hydrogens is 278 g/mol. The molecule has 1 aromatic carbocycles. The molecule has 2 N–H and O–H groups in total. The topological polar surface area (TPSA) is 51.0 Å². The quantitative estimate of drug-likeness (QED) is 0.781. The van der Waals surface area contributed by atoms with Gasteiger partial charge >= 0.3 is 5.97 Å². The van der Waals surface area contributed by atoms with Crippen LogP contribution in [0, 0.1) is 5.92 Å². The van der Waals surface area contributed by atoms with Crippen LogP contribution in [-0.2, 0) is 14.9 Å². The fourth-order valence-corrected chi connectivity index (χ4v) is 3.95. The van der Waals surface area contributed by atoms with E-state index in [4.69, 9.17) is 4.74 Å². The number of hydrogen-bond donors (Lipinski definition) is 2. The van der Waals surface area contributed by atoms with Crippen LogP contribution in [0.25, 0.3) is 0 Å². The fourth-order valence-electron chi connectivity index (χ4n) is 3.95. The van der Waals surface area contributed by atoms with Gasteiger partial charge < -0.3 is 14.7 Å². The van der Waals surface area contributed by atoms with Crippen molar-refractivity contribution in [3.63, 3.8) is 0 Å². The van der Waals surface area contributed by atoms with Crippen molar-refractivity contribution < 1.29 is 19.5 Å². The number of aliphatic hydroxyl groups is 1. The largest absolute Gasteiger partial charge is 0.455 e. The van der Waals surface area contributed by atoms with E-state index in [1.165, 1.54) is 13.1 Å². The molecule has 22 heavy (non-hydrogen) atoms. The second-order valence-corrected chi connectivity index (χ2v) is 6.70. The maximum atomic E-state index is 12.9. The van der Waals surface area contributed by atoms with Gasteiger partial charge in [-0.1, -0.05) is 37.3 Å². The van der Waals surface area contributed by atoms with Crippen LogP contribution in [0.15, 0.2) is 30.3 Å². The number of carbonyl (C=O) groups excluding carboxylic acids is 1. The van der Waals surface area contributed by atoms with E-state index in [0.717, 1.165) is 24.9 Å². The molecule has 2 atom stereocenters. The second-order valence-electron chi connectivity index (χ2n) is 6.70. The van der Waals surface area contributed by atoms with E-state index in [1.807, 2.05) is 37.3 Å². The van der Waals surface area contributed by atoms with Crippen LogP contribution in [0.2, 0.25) is 0 Å². The molecule has 0 amide bonds. The maximum absolute atomic E-state index is 12.9. The number of hydrogen-bond acceptors (Lipinski definition) is 3. The molecule has 3 aliphatic rings. The molecular formula is C18H26NO3+. The molecule has 3 heterocycles. The van der Waals surface area contributed by atoms with Crippen molar-refractivity contribution in [1.82, 2.24) is 0 Å². The zero-order valence-electron chi connectivity index (χ0n) is 13.3. The first-order chi connectivity index (χ1) is 10.7. The van der Waals surface area contributed by atoms with E-state index in [1.54, 1.807) is 4.90 Å². The minimum atomic E-state index is -0.928. The van der Waals surface area contributed by atoms with Crippen molar-refractivity contribution in [3.05, 3.63) is 35.9 Å². The van der Waals surface area contributed by atoms with Gasteiger partial charge in [-0.05, 0) is 12.0 Å². The van der Waals surface area contributed by atoms with E-state index in [9.17, 15) is 9.90 Å². The third kappa shape index (κ3) is 2.66. The molecule has 120 valence electrons. The third-order valence-electron chi connectivity index (χ3n) is 5.60. The van der Waals surface area contributed by atoms with Gasteiger partial charge in [0.15, 0.2) is 6.10 Å². The standard InChI is InChI=1S/C18H25NO3/c1-2-18(13-20,15-6-4-3-5-7-15)17(21)22-16-12-19-10-8-14(16)9-11-19/h3-7,14,16,20H,2,8-13H2,1H3/p+1/t16-,18-/m1/s1. The summed E-state index contributed by atoms with van der Waals surface area (Å²) in [6.45, 7) is 5.07. The number of fused-ring (bicyclic) bond motifs is 3. The van der Waals surface area contributed by atoms with Gasteiger partial charge in [0.2, 0.25) is 0 Å². The van der Waals surface area contributed by atoms with E-state index >= 15 is 0 Å². The van der Waals surface area contributed by atoms with Crippen molar-refractivity contribution in [2.45, 2.75) is 37.7 Å². The monoisotopic (exact) mass is 304 g/mol. The molecule has 0 radical (unpaired) electrons. The van der Waals surface area contributed by atoms with E-state index < -0.39 is 5.41 Å². The lowest BCUT2D eigenvalue weighted by Crippen LogP contribution is -3.16. The van der Waals surface area contributed by atoms with E-state index in [0.29, 0.717) is 12.3 Å². The predicted molar refractivity (Wildman–Crippen MR) is 83.7 cm³/mol. The first-order valence-corrected chi connectivity index (χ1v) is 8.40. The van der Waals surface area contributed by atoms with Gasteiger partial charge in [-0.15, -0.1) is 0 Å². The molecule has 3 aliphatic heterocycles. The third-order valence-corrected chi connectivity index (χ3v) is 5.60. The number of benzene rings is 1. The van der Waals surface area contributed by atoms with Crippen LogP contribution in [0.4, 0.5) is 0 Å². The van der Waals surface area contributed by atoms with Gasteiger partial charge in [0, 0.05) is 18.8 Å². The number of piperidine rings is 3. The summed E-state index contributed by atoms with van der Waals surface area (Å²) in [5.41, 5.74) is -0.0820. The van der Waals surface area contributed by atoms with Gasteiger partial charge in [0.1, 0.15) is 12.0 Å². The summed E-state index contributed by atoms with van der Waals surface area (Å²) >= 11 is 0. The Balaban J connectivity index is 1.78. The molecule has 3 fully saturated rings. The molecule has 0 saturated carbocycles. The molecule has 2 bridgehead atoms. The van der Waals surface area contributed by atoms with Gasteiger partial charge in [-0.25, -0.2) is 0 Å². The van der Waals surface area contributed by atoms with E-state index in [2.05, 4.69) is 0 Å². The number of esters is 1. The Kier molecular flexibility index (Phi) is 4.50. The molecule has 0 unspecified atom stereocenters. The molecule has 4 heteroatoms. The lowest BCUT2D eigenvalue weighted by atomic mass is 9.78. The van der Waals surface area contributed by atoms with Crippen LogP contribution in [0.1, 0.15) is 31.7 Å². The number of nitrogens with one attached hydrogen (secondary N) is 1. The van der Waals surface area contributed by atoms with Crippen LogP contribution in [0.3, 0.4) is 0 Å². The molecule has 4 nitrogen and oxygen atoms in total. The first-order valence-electron chi connectivity index (χ1n) is 8.40. The zero-order chi connectivity index (χ0) is 15.6. The van der Waals surface area contributed by atoms with Gasteiger partial charge in [-0.3, -0.25) is 4.79 Å². The molecule has 0 spiro atoms.